The number of hydrogen-bond donors (Lipinski definition) is 1. The second kappa shape index (κ2) is 15.0. The van der Waals surface area contributed by atoms with Crippen molar-refractivity contribution in [2.75, 3.05) is 10.8 Å². The Bertz CT molecular complexity index is 1590. The predicted octanol–water partition coefficient (Wildman–Crippen LogP) is 7.72. The number of sulfonamides is 1. The fourth-order valence-electron chi connectivity index (χ4n) is 5.40. The molecule has 4 rings (SSSR count). The highest BCUT2D eigenvalue weighted by Crippen LogP contribution is 2.30. The highest BCUT2D eigenvalue weighted by atomic mass is 35.5. The van der Waals surface area contributed by atoms with Crippen molar-refractivity contribution in [2.24, 2.45) is 0 Å². The standard InChI is InChI=1S/C33H38Cl3N3O4S/c1-4-31(33(41)37-25-8-6-5-7-9-25)38(20-24-13-17-28(34)30(36)18-24)32(40)21-39(26-14-12-23(3)29(35)19-26)44(42,43)27-15-10-22(2)11-16-27/h10-19,25,31H,4-9,20-21H2,1-3H3,(H,37,41)/t31-/m1/s1. The van der Waals surface area contributed by atoms with Gasteiger partial charge in [0.1, 0.15) is 12.6 Å². The van der Waals surface area contributed by atoms with E-state index < -0.39 is 28.5 Å². The fourth-order valence-corrected chi connectivity index (χ4v) is 7.30. The van der Waals surface area contributed by atoms with Gasteiger partial charge < -0.3 is 10.2 Å². The molecule has 0 spiro atoms. The van der Waals surface area contributed by atoms with Crippen molar-refractivity contribution in [2.45, 2.75) is 82.8 Å². The third-order valence-electron chi connectivity index (χ3n) is 8.01. The van der Waals surface area contributed by atoms with E-state index in [1.165, 1.54) is 23.1 Å². The minimum atomic E-state index is -4.20. The van der Waals surface area contributed by atoms with Crippen molar-refractivity contribution >= 4 is 62.3 Å². The minimum absolute atomic E-state index is 0.0272. The molecule has 1 atom stereocenters. The maximum absolute atomic E-state index is 14.3. The number of nitrogens with zero attached hydrogens (tertiary/aromatic N) is 2. The summed E-state index contributed by atoms with van der Waals surface area (Å²) in [5.41, 5.74) is 2.56. The summed E-state index contributed by atoms with van der Waals surface area (Å²) >= 11 is 18.9. The molecular formula is C33H38Cl3N3O4S. The van der Waals surface area contributed by atoms with Gasteiger partial charge in [-0.2, -0.15) is 0 Å². The van der Waals surface area contributed by atoms with Crippen LogP contribution in [0.2, 0.25) is 15.1 Å². The molecule has 0 aromatic heterocycles. The monoisotopic (exact) mass is 677 g/mol. The van der Waals surface area contributed by atoms with Gasteiger partial charge in [0.05, 0.1) is 20.6 Å². The van der Waals surface area contributed by atoms with Crippen LogP contribution in [0.3, 0.4) is 0 Å². The molecule has 1 fully saturated rings. The van der Waals surface area contributed by atoms with Gasteiger partial charge in [-0.05, 0) is 80.6 Å². The molecule has 7 nitrogen and oxygen atoms in total. The number of aryl methyl sites for hydroxylation is 2. The van der Waals surface area contributed by atoms with Crippen LogP contribution < -0.4 is 9.62 Å². The number of benzene rings is 3. The van der Waals surface area contributed by atoms with Crippen LogP contribution in [0.4, 0.5) is 5.69 Å². The van der Waals surface area contributed by atoms with Crippen molar-refractivity contribution in [3.8, 4) is 0 Å². The maximum atomic E-state index is 14.3. The van der Waals surface area contributed by atoms with Crippen molar-refractivity contribution in [3.05, 3.63) is 92.4 Å². The van der Waals surface area contributed by atoms with Gasteiger partial charge in [0.15, 0.2) is 0 Å². The van der Waals surface area contributed by atoms with E-state index in [1.807, 2.05) is 20.8 Å². The molecule has 0 heterocycles. The van der Waals surface area contributed by atoms with Crippen molar-refractivity contribution < 1.29 is 18.0 Å². The van der Waals surface area contributed by atoms with Crippen LogP contribution in [0.5, 0.6) is 0 Å². The van der Waals surface area contributed by atoms with E-state index in [9.17, 15) is 18.0 Å². The third kappa shape index (κ3) is 8.27. The van der Waals surface area contributed by atoms with E-state index in [0.717, 1.165) is 47.5 Å². The van der Waals surface area contributed by atoms with Crippen LogP contribution in [0.1, 0.15) is 62.1 Å². The van der Waals surface area contributed by atoms with Crippen molar-refractivity contribution in [3.63, 3.8) is 0 Å². The Morgan fingerprint density at radius 2 is 1.57 bits per heavy atom. The molecule has 0 radical (unpaired) electrons. The van der Waals surface area contributed by atoms with E-state index in [4.69, 9.17) is 34.8 Å². The normalized spacial score (nSPS) is 14.6. The Kier molecular flexibility index (Phi) is 11.6. The first kappa shape index (κ1) is 34.1. The first-order valence-electron chi connectivity index (χ1n) is 14.8. The second-order valence-electron chi connectivity index (χ2n) is 11.3. The Hall–Kier alpha value is -2.78. The molecule has 1 N–H and O–H groups in total. The van der Waals surface area contributed by atoms with Gasteiger partial charge in [-0.25, -0.2) is 8.42 Å². The molecule has 3 aromatic rings. The minimum Gasteiger partial charge on any atom is -0.352 e. The SMILES string of the molecule is CC[C@H](C(=O)NC1CCCCC1)N(Cc1ccc(Cl)c(Cl)c1)C(=O)CN(c1ccc(C)c(Cl)c1)S(=O)(=O)c1ccc(C)cc1. The van der Waals surface area contributed by atoms with E-state index >= 15 is 0 Å². The lowest BCUT2D eigenvalue weighted by Crippen LogP contribution is -2.54. The molecule has 236 valence electrons. The maximum Gasteiger partial charge on any atom is 0.264 e. The quantitative estimate of drug-likeness (QED) is 0.225. The molecule has 0 bridgehead atoms. The number of rotatable bonds is 11. The molecule has 1 aliphatic rings. The zero-order valence-corrected chi connectivity index (χ0v) is 28.2. The first-order valence-corrected chi connectivity index (χ1v) is 17.4. The highest BCUT2D eigenvalue weighted by Gasteiger charge is 2.34. The number of carbonyl (C=O) groups is 2. The Labute approximate surface area is 275 Å². The summed E-state index contributed by atoms with van der Waals surface area (Å²) in [7, 11) is -4.20. The number of hydrogen-bond acceptors (Lipinski definition) is 4. The molecule has 2 amide bonds. The summed E-state index contributed by atoms with van der Waals surface area (Å²) in [5, 5.41) is 4.18. The number of amides is 2. The summed E-state index contributed by atoms with van der Waals surface area (Å²) in [6.07, 6.45) is 5.32. The van der Waals surface area contributed by atoms with Crippen molar-refractivity contribution in [1.82, 2.24) is 10.2 Å². The van der Waals surface area contributed by atoms with Crippen LogP contribution in [0.15, 0.2) is 65.6 Å². The molecule has 3 aromatic carbocycles. The van der Waals surface area contributed by atoms with E-state index in [2.05, 4.69) is 5.32 Å². The molecule has 1 aliphatic carbocycles. The molecule has 0 aliphatic heterocycles. The topological polar surface area (TPSA) is 86.8 Å². The zero-order chi connectivity index (χ0) is 32.0. The molecule has 0 saturated heterocycles. The van der Waals surface area contributed by atoms with Crippen LogP contribution >= 0.6 is 34.8 Å². The van der Waals surface area contributed by atoms with Gasteiger partial charge in [-0.1, -0.05) is 90.8 Å². The van der Waals surface area contributed by atoms with Gasteiger partial charge in [0.25, 0.3) is 10.0 Å². The van der Waals surface area contributed by atoms with Crippen LogP contribution in [0, 0.1) is 13.8 Å². The van der Waals surface area contributed by atoms with E-state index in [1.54, 1.807) is 42.5 Å². The Morgan fingerprint density at radius 3 is 2.18 bits per heavy atom. The predicted molar refractivity (Wildman–Crippen MR) is 178 cm³/mol. The lowest BCUT2D eigenvalue weighted by atomic mass is 9.95. The molecule has 11 heteroatoms. The van der Waals surface area contributed by atoms with Crippen LogP contribution in [0.25, 0.3) is 0 Å². The number of halogens is 3. The summed E-state index contributed by atoms with van der Waals surface area (Å²) in [6, 6.07) is 15.5. The van der Waals surface area contributed by atoms with Crippen LogP contribution in [-0.4, -0.2) is 43.8 Å². The zero-order valence-electron chi connectivity index (χ0n) is 25.2. The second-order valence-corrected chi connectivity index (χ2v) is 14.4. The van der Waals surface area contributed by atoms with E-state index in [-0.39, 0.29) is 29.1 Å². The Balaban J connectivity index is 1.74. The van der Waals surface area contributed by atoms with Gasteiger partial charge in [-0.3, -0.25) is 13.9 Å². The van der Waals surface area contributed by atoms with Crippen molar-refractivity contribution in [1.29, 1.82) is 0 Å². The van der Waals surface area contributed by atoms with Crippen LogP contribution in [-0.2, 0) is 26.2 Å². The molecule has 0 unspecified atom stereocenters. The highest BCUT2D eigenvalue weighted by molar-refractivity contribution is 7.92. The summed E-state index contributed by atoms with van der Waals surface area (Å²) in [5.74, 6) is -0.812. The number of carbonyl (C=O) groups excluding carboxylic acids is 2. The number of anilines is 1. The lowest BCUT2D eigenvalue weighted by Gasteiger charge is -2.34. The average molecular weight is 679 g/mol. The van der Waals surface area contributed by atoms with Gasteiger partial charge in [0.2, 0.25) is 11.8 Å². The largest absolute Gasteiger partial charge is 0.352 e. The summed E-state index contributed by atoms with van der Waals surface area (Å²) < 4.78 is 29.2. The molecular weight excluding hydrogens is 641 g/mol. The lowest BCUT2D eigenvalue weighted by molar-refractivity contribution is -0.140. The summed E-state index contributed by atoms with van der Waals surface area (Å²) in [4.78, 5) is 29.5. The fraction of sp³-hybridized carbons (Fsp3) is 0.394. The van der Waals surface area contributed by atoms with E-state index in [0.29, 0.717) is 27.1 Å². The Morgan fingerprint density at radius 1 is 0.886 bits per heavy atom. The average Bonchev–Trinajstić information content (AvgIpc) is 2.99. The summed E-state index contributed by atoms with van der Waals surface area (Å²) in [6.45, 7) is 4.98. The third-order valence-corrected chi connectivity index (χ3v) is 10.9. The smallest absolute Gasteiger partial charge is 0.264 e. The number of nitrogens with one attached hydrogen (secondary N) is 1. The van der Waals surface area contributed by atoms with Gasteiger partial charge in [0, 0.05) is 17.6 Å². The molecule has 44 heavy (non-hydrogen) atoms. The van der Waals surface area contributed by atoms with Gasteiger partial charge in [-0.15, -0.1) is 0 Å². The first-order chi connectivity index (χ1) is 20.9. The van der Waals surface area contributed by atoms with Gasteiger partial charge >= 0.3 is 0 Å². The molecule has 1 saturated carbocycles.